The molecule has 0 saturated carbocycles. The van der Waals surface area contributed by atoms with Crippen LogP contribution in [0.2, 0.25) is 0 Å². The summed E-state index contributed by atoms with van der Waals surface area (Å²) in [6.07, 6.45) is 6.42. The maximum atomic E-state index is 12.9. The van der Waals surface area contributed by atoms with E-state index in [1.54, 1.807) is 0 Å². The van der Waals surface area contributed by atoms with Crippen molar-refractivity contribution in [2.24, 2.45) is 12.5 Å². The maximum absolute atomic E-state index is 12.9. The standard InChI is InChI=1S/C24H31N3O2/c1-19-21(10-14-25(19)2)23(29)26-16-12-24(13-17-26)11-8-22(28)27(18-24)15-9-20-6-4-3-5-7-20/h3-7,10,14H,8-9,11-13,15-18H2,1-2H3. The molecule has 2 fully saturated rings. The predicted octanol–water partition coefficient (Wildman–Crippen LogP) is 3.42. The first kappa shape index (κ1) is 19.7. The lowest BCUT2D eigenvalue weighted by Crippen LogP contribution is -2.52. The summed E-state index contributed by atoms with van der Waals surface area (Å²) in [7, 11) is 1.97. The van der Waals surface area contributed by atoms with Crippen LogP contribution in [0.3, 0.4) is 0 Å². The summed E-state index contributed by atoms with van der Waals surface area (Å²) in [5.74, 6) is 0.427. The normalized spacial score (nSPS) is 19.0. The molecule has 5 nitrogen and oxygen atoms in total. The van der Waals surface area contributed by atoms with Crippen LogP contribution >= 0.6 is 0 Å². The van der Waals surface area contributed by atoms with Crippen molar-refractivity contribution >= 4 is 11.8 Å². The van der Waals surface area contributed by atoms with E-state index in [0.29, 0.717) is 6.42 Å². The summed E-state index contributed by atoms with van der Waals surface area (Å²) in [6.45, 7) is 5.19. The minimum absolute atomic E-state index is 0.144. The molecule has 1 aromatic heterocycles. The average Bonchev–Trinajstić information content (AvgIpc) is 3.08. The van der Waals surface area contributed by atoms with E-state index in [0.717, 1.165) is 63.1 Å². The second kappa shape index (κ2) is 8.05. The van der Waals surface area contributed by atoms with Gasteiger partial charge in [-0.15, -0.1) is 0 Å². The fourth-order valence-corrected chi connectivity index (χ4v) is 4.81. The third kappa shape index (κ3) is 4.09. The van der Waals surface area contributed by atoms with Gasteiger partial charge in [-0.1, -0.05) is 30.3 Å². The lowest BCUT2D eigenvalue weighted by Gasteiger charge is -2.47. The Kier molecular flexibility index (Phi) is 5.48. The Morgan fingerprint density at radius 1 is 1.07 bits per heavy atom. The van der Waals surface area contributed by atoms with Gasteiger partial charge in [-0.2, -0.15) is 0 Å². The molecule has 0 aliphatic carbocycles. The number of hydrogen-bond donors (Lipinski definition) is 0. The van der Waals surface area contributed by atoms with E-state index in [-0.39, 0.29) is 17.2 Å². The van der Waals surface area contributed by atoms with Crippen LogP contribution in [-0.2, 0) is 18.3 Å². The summed E-state index contributed by atoms with van der Waals surface area (Å²) in [5.41, 5.74) is 3.28. The quantitative estimate of drug-likeness (QED) is 0.799. The topological polar surface area (TPSA) is 45.6 Å². The van der Waals surface area contributed by atoms with E-state index in [1.807, 2.05) is 41.8 Å². The molecule has 0 radical (unpaired) electrons. The second-order valence-electron chi connectivity index (χ2n) is 8.77. The Labute approximate surface area is 173 Å². The summed E-state index contributed by atoms with van der Waals surface area (Å²) in [6, 6.07) is 12.3. The van der Waals surface area contributed by atoms with Crippen LogP contribution in [0.5, 0.6) is 0 Å². The van der Waals surface area contributed by atoms with Gasteiger partial charge in [0, 0.05) is 51.5 Å². The van der Waals surface area contributed by atoms with E-state index < -0.39 is 0 Å². The van der Waals surface area contributed by atoms with Gasteiger partial charge >= 0.3 is 0 Å². The highest BCUT2D eigenvalue weighted by molar-refractivity contribution is 5.95. The van der Waals surface area contributed by atoms with E-state index in [4.69, 9.17) is 0 Å². The first-order chi connectivity index (χ1) is 14.0. The molecule has 0 N–H and O–H groups in total. The molecule has 4 rings (SSSR count). The van der Waals surface area contributed by atoms with Gasteiger partial charge in [-0.3, -0.25) is 9.59 Å². The lowest BCUT2D eigenvalue weighted by atomic mass is 9.72. The molecule has 154 valence electrons. The Balaban J connectivity index is 1.36. The molecule has 2 amide bonds. The number of amides is 2. The molecule has 5 heteroatoms. The predicted molar refractivity (Wildman–Crippen MR) is 114 cm³/mol. The molecule has 2 aliphatic rings. The molecule has 0 unspecified atom stereocenters. The van der Waals surface area contributed by atoms with Crippen molar-refractivity contribution in [1.29, 1.82) is 0 Å². The minimum atomic E-state index is 0.144. The Morgan fingerprint density at radius 2 is 1.79 bits per heavy atom. The summed E-state index contributed by atoms with van der Waals surface area (Å²) in [4.78, 5) is 29.5. The number of carbonyl (C=O) groups is 2. The number of aryl methyl sites for hydroxylation is 1. The monoisotopic (exact) mass is 393 g/mol. The van der Waals surface area contributed by atoms with Crippen LogP contribution in [0.1, 0.15) is 47.3 Å². The van der Waals surface area contributed by atoms with E-state index >= 15 is 0 Å². The van der Waals surface area contributed by atoms with Crippen molar-refractivity contribution < 1.29 is 9.59 Å². The number of rotatable bonds is 4. The highest BCUT2D eigenvalue weighted by Gasteiger charge is 2.41. The Bertz CT molecular complexity index is 879. The minimum Gasteiger partial charge on any atom is -0.354 e. The molecule has 0 atom stereocenters. The van der Waals surface area contributed by atoms with Gasteiger partial charge < -0.3 is 14.4 Å². The molecular formula is C24H31N3O2. The van der Waals surface area contributed by atoms with Crippen molar-refractivity contribution in [1.82, 2.24) is 14.4 Å². The number of nitrogens with zero attached hydrogens (tertiary/aromatic N) is 3. The van der Waals surface area contributed by atoms with Crippen LogP contribution in [0.15, 0.2) is 42.6 Å². The second-order valence-corrected chi connectivity index (χ2v) is 8.77. The number of piperidine rings is 2. The van der Waals surface area contributed by atoms with Gasteiger partial charge in [0.05, 0.1) is 5.56 Å². The number of likely N-dealkylation sites (tertiary alicyclic amines) is 2. The molecule has 1 aromatic carbocycles. The first-order valence-electron chi connectivity index (χ1n) is 10.7. The number of aromatic nitrogens is 1. The first-order valence-corrected chi connectivity index (χ1v) is 10.7. The molecule has 2 saturated heterocycles. The van der Waals surface area contributed by atoms with Crippen molar-refractivity contribution in [2.45, 2.75) is 39.0 Å². The van der Waals surface area contributed by atoms with Crippen molar-refractivity contribution in [3.8, 4) is 0 Å². The van der Waals surface area contributed by atoms with Gasteiger partial charge in [-0.25, -0.2) is 0 Å². The van der Waals surface area contributed by atoms with Crippen LogP contribution < -0.4 is 0 Å². The number of benzene rings is 1. The summed E-state index contributed by atoms with van der Waals surface area (Å²) < 4.78 is 2.00. The third-order valence-corrected chi connectivity index (χ3v) is 6.99. The fourth-order valence-electron chi connectivity index (χ4n) is 4.81. The highest BCUT2D eigenvalue weighted by atomic mass is 16.2. The number of hydrogen-bond acceptors (Lipinski definition) is 2. The molecule has 3 heterocycles. The number of carbonyl (C=O) groups excluding carboxylic acids is 2. The van der Waals surface area contributed by atoms with Crippen LogP contribution in [0.25, 0.3) is 0 Å². The maximum Gasteiger partial charge on any atom is 0.255 e. The van der Waals surface area contributed by atoms with E-state index in [1.165, 1.54) is 5.56 Å². The molecular weight excluding hydrogens is 362 g/mol. The van der Waals surface area contributed by atoms with Crippen molar-refractivity contribution in [3.63, 3.8) is 0 Å². The molecule has 0 bridgehead atoms. The van der Waals surface area contributed by atoms with E-state index in [2.05, 4.69) is 29.2 Å². The Hall–Kier alpha value is -2.56. The van der Waals surface area contributed by atoms with Crippen molar-refractivity contribution in [3.05, 3.63) is 59.4 Å². The third-order valence-electron chi connectivity index (χ3n) is 6.99. The molecule has 2 aliphatic heterocycles. The van der Waals surface area contributed by atoms with Gasteiger partial charge in [0.2, 0.25) is 5.91 Å². The van der Waals surface area contributed by atoms with Gasteiger partial charge in [0.25, 0.3) is 5.91 Å². The van der Waals surface area contributed by atoms with Gasteiger partial charge in [0.1, 0.15) is 0 Å². The van der Waals surface area contributed by atoms with Gasteiger partial charge in [0.15, 0.2) is 0 Å². The molecule has 29 heavy (non-hydrogen) atoms. The zero-order valence-corrected chi connectivity index (χ0v) is 17.6. The zero-order chi connectivity index (χ0) is 20.4. The zero-order valence-electron chi connectivity index (χ0n) is 17.6. The highest BCUT2D eigenvalue weighted by Crippen LogP contribution is 2.40. The Morgan fingerprint density at radius 3 is 2.45 bits per heavy atom. The summed E-state index contributed by atoms with van der Waals surface area (Å²) >= 11 is 0. The lowest BCUT2D eigenvalue weighted by molar-refractivity contribution is -0.138. The van der Waals surface area contributed by atoms with Crippen LogP contribution in [0.4, 0.5) is 0 Å². The summed E-state index contributed by atoms with van der Waals surface area (Å²) in [5, 5.41) is 0. The SMILES string of the molecule is Cc1c(C(=O)N2CCC3(CCC(=O)N(CCc4ccccc4)C3)CC2)ccn1C. The van der Waals surface area contributed by atoms with Gasteiger partial charge in [-0.05, 0) is 49.7 Å². The van der Waals surface area contributed by atoms with E-state index in [9.17, 15) is 9.59 Å². The van der Waals surface area contributed by atoms with Crippen LogP contribution in [0, 0.1) is 12.3 Å². The average molecular weight is 394 g/mol. The van der Waals surface area contributed by atoms with Crippen LogP contribution in [-0.4, -0.2) is 52.4 Å². The fraction of sp³-hybridized carbons (Fsp3) is 0.500. The van der Waals surface area contributed by atoms with Crippen molar-refractivity contribution in [2.75, 3.05) is 26.2 Å². The smallest absolute Gasteiger partial charge is 0.255 e. The molecule has 2 aromatic rings. The largest absolute Gasteiger partial charge is 0.354 e. The molecule has 1 spiro atoms.